The van der Waals surface area contributed by atoms with E-state index in [0.29, 0.717) is 5.92 Å². The zero-order valence-corrected chi connectivity index (χ0v) is 15.6. The normalized spacial score (nSPS) is 21.1. The van der Waals surface area contributed by atoms with Gasteiger partial charge in [-0.05, 0) is 24.8 Å². The highest BCUT2D eigenvalue weighted by molar-refractivity contribution is 7.99. The van der Waals surface area contributed by atoms with E-state index in [1.807, 2.05) is 0 Å². The van der Waals surface area contributed by atoms with Gasteiger partial charge in [0.1, 0.15) is 0 Å². The van der Waals surface area contributed by atoms with Crippen LogP contribution in [0.5, 0.6) is 0 Å². The molecular formula is C16H18ClF3N4OS. The summed E-state index contributed by atoms with van der Waals surface area (Å²) >= 11 is 6.91. The first kappa shape index (κ1) is 19.3. The van der Waals surface area contributed by atoms with Crippen molar-refractivity contribution in [2.75, 3.05) is 5.75 Å². The van der Waals surface area contributed by atoms with Crippen LogP contribution in [0, 0.1) is 5.92 Å². The van der Waals surface area contributed by atoms with E-state index < -0.39 is 11.7 Å². The summed E-state index contributed by atoms with van der Waals surface area (Å²) in [7, 11) is 0. The summed E-state index contributed by atoms with van der Waals surface area (Å²) in [5.41, 5.74) is -0.763. The molecule has 142 valence electrons. The van der Waals surface area contributed by atoms with Crippen LogP contribution >= 0.6 is 23.4 Å². The number of aromatic nitrogens is 3. The fourth-order valence-electron chi connectivity index (χ4n) is 3.10. The van der Waals surface area contributed by atoms with Gasteiger partial charge in [-0.15, -0.1) is 10.2 Å². The Kier molecular flexibility index (Phi) is 5.67. The first-order valence-electron chi connectivity index (χ1n) is 8.29. The minimum atomic E-state index is -4.53. The number of halogens is 4. The number of pyridine rings is 1. The number of nitrogens with one attached hydrogen (secondary N) is 1. The Hall–Kier alpha value is -1.48. The minimum Gasteiger partial charge on any atom is -0.352 e. The number of fused-ring (bicyclic) bond motifs is 1. The molecule has 1 aliphatic carbocycles. The number of rotatable bonds is 4. The standard InChI is InChI=1S/C16H18ClF3N4OS/c1-9-4-2-3-5-12(9)21-13(25)8-26-15-23-22-14-11(17)6-10(7-24(14)15)16(18,19)20/h6-7,9,12H,2-5,8H2,1H3,(H,21,25)/t9-,12+/m0/s1. The lowest BCUT2D eigenvalue weighted by atomic mass is 9.86. The Morgan fingerprint density at radius 2 is 2.12 bits per heavy atom. The Bertz CT molecular complexity index is 811. The monoisotopic (exact) mass is 406 g/mol. The molecule has 0 spiro atoms. The van der Waals surface area contributed by atoms with Gasteiger partial charge in [0.15, 0.2) is 10.8 Å². The molecule has 2 atom stereocenters. The largest absolute Gasteiger partial charge is 0.417 e. The maximum absolute atomic E-state index is 13.0. The molecule has 0 bridgehead atoms. The summed E-state index contributed by atoms with van der Waals surface area (Å²) in [5.74, 6) is 0.320. The molecule has 2 aromatic heterocycles. The molecule has 0 unspecified atom stereocenters. The SMILES string of the molecule is C[C@H]1CCCC[C@H]1NC(=O)CSc1nnc2c(Cl)cc(C(F)(F)F)cn12. The van der Waals surface area contributed by atoms with Crippen LogP contribution in [0.25, 0.3) is 5.65 Å². The third kappa shape index (κ3) is 4.25. The van der Waals surface area contributed by atoms with E-state index >= 15 is 0 Å². The minimum absolute atomic E-state index is 0.0535. The van der Waals surface area contributed by atoms with E-state index in [4.69, 9.17) is 11.6 Å². The molecule has 0 saturated heterocycles. The molecule has 3 rings (SSSR count). The van der Waals surface area contributed by atoms with E-state index in [9.17, 15) is 18.0 Å². The molecule has 26 heavy (non-hydrogen) atoms. The summed E-state index contributed by atoms with van der Waals surface area (Å²) in [6, 6.07) is 0.968. The molecule has 0 aliphatic heterocycles. The van der Waals surface area contributed by atoms with E-state index in [1.54, 1.807) is 0 Å². The maximum atomic E-state index is 13.0. The predicted octanol–water partition coefficient (Wildman–Crippen LogP) is 4.19. The maximum Gasteiger partial charge on any atom is 0.417 e. The van der Waals surface area contributed by atoms with Crippen LogP contribution in [-0.2, 0) is 11.0 Å². The van der Waals surface area contributed by atoms with Crippen LogP contribution < -0.4 is 5.32 Å². The number of hydrogen-bond acceptors (Lipinski definition) is 4. The lowest BCUT2D eigenvalue weighted by Crippen LogP contribution is -2.41. The van der Waals surface area contributed by atoms with Crippen molar-refractivity contribution in [2.45, 2.75) is 50.0 Å². The van der Waals surface area contributed by atoms with E-state index in [0.717, 1.165) is 43.3 Å². The summed E-state index contributed by atoms with van der Waals surface area (Å²) in [5, 5.41) is 10.7. The fourth-order valence-corrected chi connectivity index (χ4v) is 4.06. The molecule has 0 radical (unpaired) electrons. The van der Waals surface area contributed by atoms with Crippen molar-refractivity contribution in [3.05, 3.63) is 22.8 Å². The number of hydrogen-bond donors (Lipinski definition) is 1. The molecule has 10 heteroatoms. The lowest BCUT2D eigenvalue weighted by Gasteiger charge is -2.29. The van der Waals surface area contributed by atoms with E-state index in [-0.39, 0.29) is 33.5 Å². The van der Waals surface area contributed by atoms with Crippen LogP contribution in [0.1, 0.15) is 38.2 Å². The fraction of sp³-hybridized carbons (Fsp3) is 0.562. The summed E-state index contributed by atoms with van der Waals surface area (Å²) in [6.07, 6.45) is 0.678. The molecule has 1 fully saturated rings. The Morgan fingerprint density at radius 3 is 2.81 bits per heavy atom. The number of alkyl halides is 3. The molecule has 1 aliphatic rings. The van der Waals surface area contributed by atoms with Gasteiger partial charge < -0.3 is 5.32 Å². The van der Waals surface area contributed by atoms with Gasteiger partial charge in [-0.1, -0.05) is 43.1 Å². The smallest absolute Gasteiger partial charge is 0.352 e. The molecule has 1 saturated carbocycles. The van der Waals surface area contributed by atoms with Crippen molar-refractivity contribution >= 4 is 34.9 Å². The average molecular weight is 407 g/mol. The first-order valence-corrected chi connectivity index (χ1v) is 9.65. The third-order valence-corrected chi connectivity index (χ3v) is 5.77. The molecule has 5 nitrogen and oxygen atoms in total. The third-order valence-electron chi connectivity index (χ3n) is 4.55. The molecule has 2 aromatic rings. The van der Waals surface area contributed by atoms with Crippen molar-refractivity contribution in [1.29, 1.82) is 0 Å². The highest BCUT2D eigenvalue weighted by atomic mass is 35.5. The zero-order chi connectivity index (χ0) is 18.9. The van der Waals surface area contributed by atoms with Crippen molar-refractivity contribution in [2.24, 2.45) is 5.92 Å². The molecular weight excluding hydrogens is 389 g/mol. The number of carbonyl (C=O) groups excluding carboxylic acids is 1. The summed E-state index contributed by atoms with van der Waals surface area (Å²) in [4.78, 5) is 12.2. The quantitative estimate of drug-likeness (QED) is 0.773. The highest BCUT2D eigenvalue weighted by Gasteiger charge is 2.32. The molecule has 1 amide bonds. The molecule has 2 heterocycles. The van der Waals surface area contributed by atoms with Gasteiger partial charge in [-0.3, -0.25) is 9.20 Å². The molecule has 0 aromatic carbocycles. The van der Waals surface area contributed by atoms with Gasteiger partial charge in [0.2, 0.25) is 5.91 Å². The summed E-state index contributed by atoms with van der Waals surface area (Å²) in [6.45, 7) is 2.12. The van der Waals surface area contributed by atoms with Crippen LogP contribution in [0.4, 0.5) is 13.2 Å². The van der Waals surface area contributed by atoms with Gasteiger partial charge >= 0.3 is 6.18 Å². The second-order valence-electron chi connectivity index (χ2n) is 6.48. The van der Waals surface area contributed by atoms with Gasteiger partial charge in [0, 0.05) is 12.2 Å². The van der Waals surface area contributed by atoms with Crippen molar-refractivity contribution < 1.29 is 18.0 Å². The van der Waals surface area contributed by atoms with Gasteiger partial charge in [0.05, 0.1) is 16.3 Å². The van der Waals surface area contributed by atoms with Crippen LogP contribution in [0.3, 0.4) is 0 Å². The second-order valence-corrected chi connectivity index (χ2v) is 7.82. The van der Waals surface area contributed by atoms with Crippen LogP contribution in [0.2, 0.25) is 5.02 Å². The number of thioether (sulfide) groups is 1. The van der Waals surface area contributed by atoms with Gasteiger partial charge in [-0.2, -0.15) is 13.2 Å². The second kappa shape index (κ2) is 7.64. The van der Waals surface area contributed by atoms with Gasteiger partial charge in [0.25, 0.3) is 0 Å². The summed E-state index contributed by atoms with van der Waals surface area (Å²) < 4.78 is 40.1. The highest BCUT2D eigenvalue weighted by Crippen LogP contribution is 2.33. The number of carbonyl (C=O) groups is 1. The zero-order valence-electron chi connectivity index (χ0n) is 14.0. The predicted molar refractivity (Wildman–Crippen MR) is 93.3 cm³/mol. The van der Waals surface area contributed by atoms with Crippen molar-refractivity contribution in [3.8, 4) is 0 Å². The van der Waals surface area contributed by atoms with E-state index in [2.05, 4.69) is 22.4 Å². The number of amides is 1. The first-order chi connectivity index (χ1) is 12.3. The Morgan fingerprint density at radius 1 is 1.38 bits per heavy atom. The Labute approximate surface area is 157 Å². The number of nitrogens with zero attached hydrogens (tertiary/aromatic N) is 3. The topological polar surface area (TPSA) is 59.3 Å². The van der Waals surface area contributed by atoms with Crippen molar-refractivity contribution in [1.82, 2.24) is 19.9 Å². The van der Waals surface area contributed by atoms with E-state index in [1.165, 1.54) is 10.8 Å². The van der Waals surface area contributed by atoms with Crippen molar-refractivity contribution in [3.63, 3.8) is 0 Å². The lowest BCUT2D eigenvalue weighted by molar-refractivity contribution is -0.137. The average Bonchev–Trinajstić information content (AvgIpc) is 2.98. The van der Waals surface area contributed by atoms with Crippen LogP contribution in [-0.4, -0.2) is 32.3 Å². The van der Waals surface area contributed by atoms with Crippen LogP contribution in [0.15, 0.2) is 17.4 Å². The Balaban J connectivity index is 1.70. The molecule has 1 N–H and O–H groups in total. The van der Waals surface area contributed by atoms with Gasteiger partial charge in [-0.25, -0.2) is 0 Å².